The second kappa shape index (κ2) is 9.05. The van der Waals surface area contributed by atoms with E-state index in [1.807, 2.05) is 12.1 Å². The normalized spacial score (nSPS) is 15.1. The van der Waals surface area contributed by atoms with Gasteiger partial charge in [-0.2, -0.15) is 8.78 Å². The molecule has 0 aliphatic carbocycles. The average Bonchev–Trinajstić information content (AvgIpc) is 2.64. The Morgan fingerprint density at radius 3 is 2.33 bits per heavy atom. The highest BCUT2D eigenvalue weighted by atomic mass is 32.2. The van der Waals surface area contributed by atoms with Crippen LogP contribution in [-0.2, 0) is 4.79 Å². The molecule has 0 bridgehead atoms. The molecule has 1 saturated heterocycles. The molecule has 0 aromatic heterocycles. The summed E-state index contributed by atoms with van der Waals surface area (Å²) in [5, 5.41) is 12.2. The second-order valence-corrected chi connectivity index (χ2v) is 7.44. The minimum Gasteiger partial charge on any atom is -0.508 e. The molecule has 27 heavy (non-hydrogen) atoms. The van der Waals surface area contributed by atoms with Crippen molar-refractivity contribution in [2.75, 3.05) is 42.9 Å². The molecular weight excluding hydrogens is 372 g/mol. The number of benzene rings is 2. The van der Waals surface area contributed by atoms with E-state index in [1.54, 1.807) is 36.4 Å². The number of carbonyl (C=O) groups is 1. The predicted molar refractivity (Wildman–Crippen MR) is 103 cm³/mol. The highest BCUT2D eigenvalue weighted by molar-refractivity contribution is 7.99. The largest absolute Gasteiger partial charge is 0.508 e. The van der Waals surface area contributed by atoms with E-state index in [-0.39, 0.29) is 11.7 Å². The van der Waals surface area contributed by atoms with Crippen LogP contribution in [-0.4, -0.2) is 49.5 Å². The van der Waals surface area contributed by atoms with Gasteiger partial charge < -0.3 is 20.2 Å². The molecule has 0 spiro atoms. The van der Waals surface area contributed by atoms with Crippen molar-refractivity contribution in [3.05, 3.63) is 48.5 Å². The molecule has 1 fully saturated rings. The van der Waals surface area contributed by atoms with Crippen molar-refractivity contribution < 1.29 is 23.6 Å². The Labute approximate surface area is 161 Å². The molecule has 1 aliphatic heterocycles. The third kappa shape index (κ3) is 5.83. The van der Waals surface area contributed by atoms with Gasteiger partial charge in [0.1, 0.15) is 5.75 Å². The smallest absolute Gasteiger partial charge is 0.288 e. The van der Waals surface area contributed by atoms with E-state index < -0.39 is 5.76 Å². The molecule has 3 N–H and O–H groups in total. The monoisotopic (exact) mass is 394 g/mol. The molecule has 2 aromatic rings. The maximum Gasteiger partial charge on any atom is 0.288 e. The minimum absolute atomic E-state index is 0.0858. The lowest BCUT2D eigenvalue weighted by molar-refractivity contribution is -0.892. The number of anilines is 2. The first kappa shape index (κ1) is 19.4. The topological polar surface area (TPSA) is 57.0 Å². The highest BCUT2D eigenvalue weighted by Crippen LogP contribution is 2.26. The predicted octanol–water partition coefficient (Wildman–Crippen LogP) is 2.05. The summed E-state index contributed by atoms with van der Waals surface area (Å²) >= 11 is 0.485. The average molecular weight is 394 g/mol. The van der Waals surface area contributed by atoms with Crippen LogP contribution in [0.25, 0.3) is 0 Å². The molecule has 0 radical (unpaired) electrons. The number of phenolic OH excluding ortho intramolecular Hbond substituents is 1. The number of rotatable bonds is 6. The molecule has 5 nitrogen and oxygen atoms in total. The number of nitrogens with one attached hydrogen (secondary N) is 2. The third-order valence-electron chi connectivity index (χ3n) is 4.46. The zero-order chi connectivity index (χ0) is 19.2. The maximum absolute atomic E-state index is 12.3. The molecule has 0 unspecified atom stereocenters. The van der Waals surface area contributed by atoms with E-state index in [0.29, 0.717) is 28.9 Å². The molecule has 1 aliphatic rings. The number of thioether (sulfide) groups is 1. The number of phenols is 1. The number of quaternary nitrogens is 1. The lowest BCUT2D eigenvalue weighted by Crippen LogP contribution is -3.15. The van der Waals surface area contributed by atoms with Gasteiger partial charge in [-0.3, -0.25) is 4.79 Å². The molecule has 1 amide bonds. The molecular formula is C19H22F2N3O2S+. The van der Waals surface area contributed by atoms with Gasteiger partial charge in [0.2, 0.25) is 0 Å². The quantitative estimate of drug-likeness (QED) is 0.657. The van der Waals surface area contributed by atoms with Crippen LogP contribution in [0.15, 0.2) is 53.4 Å². The number of amides is 1. The number of aromatic hydroxyl groups is 1. The van der Waals surface area contributed by atoms with Gasteiger partial charge in [-0.1, -0.05) is 11.8 Å². The van der Waals surface area contributed by atoms with Crippen molar-refractivity contribution in [2.24, 2.45) is 0 Å². The number of halogens is 2. The van der Waals surface area contributed by atoms with Crippen LogP contribution in [0.4, 0.5) is 20.2 Å². The Kier molecular flexibility index (Phi) is 6.52. The van der Waals surface area contributed by atoms with Crippen LogP contribution >= 0.6 is 11.8 Å². The van der Waals surface area contributed by atoms with Gasteiger partial charge in [0.15, 0.2) is 6.54 Å². The zero-order valence-corrected chi connectivity index (χ0v) is 15.5. The summed E-state index contributed by atoms with van der Waals surface area (Å²) in [6, 6.07) is 13.6. The van der Waals surface area contributed by atoms with Gasteiger partial charge in [0, 0.05) is 16.3 Å². The van der Waals surface area contributed by atoms with E-state index in [0.717, 1.165) is 31.9 Å². The third-order valence-corrected chi connectivity index (χ3v) is 5.18. The Bertz CT molecular complexity index is 749. The van der Waals surface area contributed by atoms with Crippen LogP contribution in [0.1, 0.15) is 0 Å². The van der Waals surface area contributed by atoms with Crippen molar-refractivity contribution in [2.45, 2.75) is 10.7 Å². The lowest BCUT2D eigenvalue weighted by atomic mass is 10.2. The van der Waals surface area contributed by atoms with Crippen molar-refractivity contribution in [3.8, 4) is 5.75 Å². The molecule has 8 heteroatoms. The summed E-state index contributed by atoms with van der Waals surface area (Å²) in [7, 11) is 0. The standard InChI is InChI=1S/C19H21F2N3O2S/c20-19(21)27-17-7-1-14(2-8-17)22-18(26)13-23-9-11-24(12-10-23)15-3-5-16(25)6-4-15/h1-8,19,25H,9-13H2,(H,22,26)/p+1. The number of piperazine rings is 1. The zero-order valence-electron chi connectivity index (χ0n) is 14.7. The van der Waals surface area contributed by atoms with Gasteiger partial charge in [-0.05, 0) is 48.5 Å². The first-order valence-corrected chi connectivity index (χ1v) is 9.60. The second-order valence-electron chi connectivity index (χ2n) is 6.38. The first-order valence-electron chi connectivity index (χ1n) is 8.72. The summed E-state index contributed by atoms with van der Waals surface area (Å²) in [5.74, 6) is -2.29. The van der Waals surface area contributed by atoms with Crippen molar-refractivity contribution in [3.63, 3.8) is 0 Å². The lowest BCUT2D eigenvalue weighted by Gasteiger charge is -2.33. The Hall–Kier alpha value is -2.32. The van der Waals surface area contributed by atoms with Gasteiger partial charge in [0.25, 0.3) is 11.7 Å². The van der Waals surface area contributed by atoms with Crippen LogP contribution in [0, 0.1) is 0 Å². The summed E-state index contributed by atoms with van der Waals surface area (Å²) in [6.07, 6.45) is 0. The summed E-state index contributed by atoms with van der Waals surface area (Å²) in [5.41, 5.74) is 1.68. The Morgan fingerprint density at radius 1 is 1.11 bits per heavy atom. The van der Waals surface area contributed by atoms with Crippen LogP contribution < -0.4 is 15.1 Å². The Morgan fingerprint density at radius 2 is 1.74 bits per heavy atom. The van der Waals surface area contributed by atoms with Crippen LogP contribution in [0.2, 0.25) is 0 Å². The van der Waals surface area contributed by atoms with Crippen LogP contribution in [0.3, 0.4) is 0 Å². The number of nitrogens with zero attached hydrogens (tertiary/aromatic N) is 1. The fourth-order valence-electron chi connectivity index (χ4n) is 3.07. The minimum atomic E-state index is -2.45. The fourth-order valence-corrected chi connectivity index (χ4v) is 3.57. The highest BCUT2D eigenvalue weighted by Gasteiger charge is 2.22. The van der Waals surface area contributed by atoms with Crippen LogP contribution in [0.5, 0.6) is 5.75 Å². The summed E-state index contributed by atoms with van der Waals surface area (Å²) < 4.78 is 24.6. The van der Waals surface area contributed by atoms with E-state index in [4.69, 9.17) is 0 Å². The number of carbonyl (C=O) groups excluding carboxylic acids is 1. The van der Waals surface area contributed by atoms with Gasteiger partial charge >= 0.3 is 0 Å². The Balaban J connectivity index is 1.44. The number of hydrogen-bond acceptors (Lipinski definition) is 4. The molecule has 2 aromatic carbocycles. The van der Waals surface area contributed by atoms with E-state index in [2.05, 4.69) is 10.2 Å². The van der Waals surface area contributed by atoms with Crippen molar-refractivity contribution >= 4 is 29.0 Å². The number of alkyl halides is 2. The van der Waals surface area contributed by atoms with Crippen molar-refractivity contribution in [1.82, 2.24) is 0 Å². The molecule has 0 atom stereocenters. The molecule has 144 valence electrons. The van der Waals surface area contributed by atoms with Gasteiger partial charge in [0.05, 0.1) is 26.2 Å². The van der Waals surface area contributed by atoms with Crippen molar-refractivity contribution in [1.29, 1.82) is 0 Å². The van der Waals surface area contributed by atoms with Gasteiger partial charge in [-0.15, -0.1) is 0 Å². The maximum atomic E-state index is 12.3. The van der Waals surface area contributed by atoms with Gasteiger partial charge in [-0.25, -0.2) is 0 Å². The summed E-state index contributed by atoms with van der Waals surface area (Å²) in [4.78, 5) is 16.1. The van der Waals surface area contributed by atoms with E-state index in [9.17, 15) is 18.7 Å². The van der Waals surface area contributed by atoms with E-state index >= 15 is 0 Å². The van der Waals surface area contributed by atoms with E-state index in [1.165, 1.54) is 4.90 Å². The fraction of sp³-hybridized carbons (Fsp3) is 0.316. The SMILES string of the molecule is O=C(C[NH+]1CCN(c2ccc(O)cc2)CC1)Nc1ccc(SC(F)F)cc1. The summed E-state index contributed by atoms with van der Waals surface area (Å²) in [6.45, 7) is 3.74. The first-order chi connectivity index (χ1) is 13.0. The molecule has 1 heterocycles. The molecule has 0 saturated carbocycles. The molecule has 3 rings (SSSR count). The number of hydrogen-bond donors (Lipinski definition) is 3.